The normalized spacial score (nSPS) is 23.7. The van der Waals surface area contributed by atoms with Crippen molar-refractivity contribution in [1.82, 2.24) is 4.98 Å². The Hall–Kier alpha value is -1.09. The number of aryl methyl sites for hydroxylation is 1. The van der Waals surface area contributed by atoms with Gasteiger partial charge in [-0.05, 0) is 43.2 Å². The van der Waals surface area contributed by atoms with Crippen molar-refractivity contribution in [2.24, 2.45) is 11.8 Å². The fraction of sp³-hybridized carbons (Fsp3) is 0.533. The van der Waals surface area contributed by atoms with E-state index in [9.17, 15) is 0 Å². The van der Waals surface area contributed by atoms with E-state index in [0.29, 0.717) is 0 Å². The van der Waals surface area contributed by atoms with Gasteiger partial charge < -0.3 is 5.32 Å². The zero-order valence-corrected chi connectivity index (χ0v) is 11.9. The molecular weight excluding hydrogens is 240 g/mol. The number of benzene rings is 1. The molecule has 1 fully saturated rings. The first-order valence-electron chi connectivity index (χ1n) is 6.82. The number of nitrogens with zero attached hydrogens (tertiary/aromatic N) is 1. The molecule has 0 aliphatic heterocycles. The summed E-state index contributed by atoms with van der Waals surface area (Å²) < 4.78 is 1.29. The molecule has 0 amide bonds. The molecule has 1 heterocycles. The molecule has 0 radical (unpaired) electrons. The fourth-order valence-corrected chi connectivity index (χ4v) is 3.85. The third-order valence-corrected chi connectivity index (χ3v) is 4.94. The maximum atomic E-state index is 4.70. The molecule has 2 atom stereocenters. The van der Waals surface area contributed by atoms with Gasteiger partial charge in [0.2, 0.25) is 0 Å². The van der Waals surface area contributed by atoms with Crippen molar-refractivity contribution in [3.63, 3.8) is 0 Å². The third kappa shape index (κ3) is 2.37. The van der Waals surface area contributed by atoms with E-state index >= 15 is 0 Å². The highest BCUT2D eigenvalue weighted by Gasteiger charge is 2.21. The summed E-state index contributed by atoms with van der Waals surface area (Å²) in [7, 11) is 0. The second kappa shape index (κ2) is 4.88. The van der Waals surface area contributed by atoms with Gasteiger partial charge in [-0.1, -0.05) is 36.8 Å². The maximum absolute atomic E-state index is 4.70. The molecule has 3 heteroatoms. The van der Waals surface area contributed by atoms with Crippen molar-refractivity contribution in [2.75, 3.05) is 11.9 Å². The molecule has 0 bridgehead atoms. The van der Waals surface area contributed by atoms with Crippen molar-refractivity contribution in [2.45, 2.75) is 33.1 Å². The van der Waals surface area contributed by atoms with Crippen LogP contribution in [0.25, 0.3) is 10.2 Å². The number of hydrogen-bond acceptors (Lipinski definition) is 3. The fourth-order valence-electron chi connectivity index (χ4n) is 2.90. The highest BCUT2D eigenvalue weighted by molar-refractivity contribution is 7.22. The van der Waals surface area contributed by atoms with Gasteiger partial charge in [-0.15, -0.1) is 0 Å². The van der Waals surface area contributed by atoms with Crippen LogP contribution in [0.2, 0.25) is 0 Å². The molecule has 1 aromatic carbocycles. The van der Waals surface area contributed by atoms with E-state index in [1.807, 2.05) is 0 Å². The standard InChI is InChI=1S/C15H20N2S/c1-10-6-7-12(8-10)9-16-15-17-14-11(2)4-3-5-13(14)18-15/h3-5,10,12H,6-9H2,1-2H3,(H,16,17). The molecule has 1 aliphatic rings. The third-order valence-electron chi connectivity index (χ3n) is 3.97. The second-order valence-electron chi connectivity index (χ2n) is 5.61. The quantitative estimate of drug-likeness (QED) is 0.881. The summed E-state index contributed by atoms with van der Waals surface area (Å²) in [6, 6.07) is 6.39. The van der Waals surface area contributed by atoms with E-state index in [0.717, 1.165) is 29.0 Å². The van der Waals surface area contributed by atoms with Gasteiger partial charge in [-0.25, -0.2) is 4.98 Å². The zero-order chi connectivity index (χ0) is 12.5. The summed E-state index contributed by atoms with van der Waals surface area (Å²) in [6.07, 6.45) is 4.14. The van der Waals surface area contributed by atoms with Gasteiger partial charge in [-0.2, -0.15) is 0 Å². The minimum absolute atomic E-state index is 0.841. The maximum Gasteiger partial charge on any atom is 0.183 e. The molecular formula is C15H20N2S. The summed E-state index contributed by atoms with van der Waals surface area (Å²) in [4.78, 5) is 4.70. The van der Waals surface area contributed by atoms with Crippen LogP contribution in [0, 0.1) is 18.8 Å². The first-order chi connectivity index (χ1) is 8.72. The van der Waals surface area contributed by atoms with Crippen molar-refractivity contribution in [3.05, 3.63) is 23.8 Å². The SMILES string of the molecule is Cc1cccc2sc(NCC3CCC(C)C3)nc12. The summed E-state index contributed by atoms with van der Waals surface area (Å²) in [5.74, 6) is 1.75. The Balaban J connectivity index is 1.69. The zero-order valence-electron chi connectivity index (χ0n) is 11.1. The highest BCUT2D eigenvalue weighted by Crippen LogP contribution is 2.32. The molecule has 1 saturated carbocycles. The van der Waals surface area contributed by atoms with Crippen LogP contribution in [0.15, 0.2) is 18.2 Å². The lowest BCUT2D eigenvalue weighted by Crippen LogP contribution is -2.11. The Morgan fingerprint density at radius 2 is 2.28 bits per heavy atom. The number of rotatable bonds is 3. The molecule has 2 nitrogen and oxygen atoms in total. The topological polar surface area (TPSA) is 24.9 Å². The number of anilines is 1. The second-order valence-corrected chi connectivity index (χ2v) is 6.64. The molecule has 1 aliphatic carbocycles. The Morgan fingerprint density at radius 1 is 1.39 bits per heavy atom. The molecule has 2 unspecified atom stereocenters. The average molecular weight is 260 g/mol. The van der Waals surface area contributed by atoms with Crippen LogP contribution in [0.3, 0.4) is 0 Å². The van der Waals surface area contributed by atoms with E-state index in [1.165, 1.54) is 29.5 Å². The Morgan fingerprint density at radius 3 is 3.00 bits per heavy atom. The molecule has 0 spiro atoms. The Kier molecular flexibility index (Phi) is 3.25. The Labute approximate surface area is 112 Å². The first-order valence-corrected chi connectivity index (χ1v) is 7.64. The summed E-state index contributed by atoms with van der Waals surface area (Å²) in [5.41, 5.74) is 2.43. The van der Waals surface area contributed by atoms with Gasteiger partial charge in [0.05, 0.1) is 10.2 Å². The van der Waals surface area contributed by atoms with Crippen molar-refractivity contribution < 1.29 is 0 Å². The summed E-state index contributed by atoms with van der Waals surface area (Å²) >= 11 is 1.77. The van der Waals surface area contributed by atoms with Crippen LogP contribution in [0.5, 0.6) is 0 Å². The molecule has 2 aromatic rings. The van der Waals surface area contributed by atoms with Gasteiger partial charge in [0.15, 0.2) is 5.13 Å². The summed E-state index contributed by atoms with van der Waals surface area (Å²) in [5, 5.41) is 4.61. The molecule has 3 rings (SSSR count). The van der Waals surface area contributed by atoms with Gasteiger partial charge in [0.25, 0.3) is 0 Å². The lowest BCUT2D eigenvalue weighted by atomic mass is 10.1. The largest absolute Gasteiger partial charge is 0.361 e. The molecule has 18 heavy (non-hydrogen) atoms. The summed E-state index contributed by atoms with van der Waals surface area (Å²) in [6.45, 7) is 5.58. The lowest BCUT2D eigenvalue weighted by Gasteiger charge is -2.09. The van der Waals surface area contributed by atoms with E-state index in [4.69, 9.17) is 4.98 Å². The van der Waals surface area contributed by atoms with Crippen LogP contribution in [0.1, 0.15) is 31.7 Å². The minimum Gasteiger partial charge on any atom is -0.361 e. The average Bonchev–Trinajstić information content (AvgIpc) is 2.93. The van der Waals surface area contributed by atoms with Crippen molar-refractivity contribution in [3.8, 4) is 0 Å². The molecule has 96 valence electrons. The highest BCUT2D eigenvalue weighted by atomic mass is 32.1. The Bertz CT molecular complexity index is 546. The lowest BCUT2D eigenvalue weighted by molar-refractivity contribution is 0.537. The number of nitrogens with one attached hydrogen (secondary N) is 1. The van der Waals surface area contributed by atoms with E-state index in [1.54, 1.807) is 11.3 Å². The van der Waals surface area contributed by atoms with E-state index in [2.05, 4.69) is 37.4 Å². The van der Waals surface area contributed by atoms with Crippen molar-refractivity contribution >= 4 is 26.7 Å². The van der Waals surface area contributed by atoms with E-state index in [-0.39, 0.29) is 0 Å². The van der Waals surface area contributed by atoms with Crippen LogP contribution in [-0.2, 0) is 0 Å². The molecule has 0 saturated heterocycles. The number of para-hydroxylation sites is 1. The number of fused-ring (bicyclic) bond motifs is 1. The molecule has 1 N–H and O–H groups in total. The molecule has 1 aromatic heterocycles. The number of thiazole rings is 1. The van der Waals surface area contributed by atoms with Gasteiger partial charge in [-0.3, -0.25) is 0 Å². The van der Waals surface area contributed by atoms with Crippen LogP contribution in [-0.4, -0.2) is 11.5 Å². The predicted octanol–water partition coefficient (Wildman–Crippen LogP) is 4.45. The minimum atomic E-state index is 0.841. The van der Waals surface area contributed by atoms with Gasteiger partial charge in [0.1, 0.15) is 0 Å². The monoisotopic (exact) mass is 260 g/mol. The van der Waals surface area contributed by atoms with Crippen LogP contribution in [0.4, 0.5) is 5.13 Å². The number of hydrogen-bond donors (Lipinski definition) is 1. The van der Waals surface area contributed by atoms with Crippen molar-refractivity contribution in [1.29, 1.82) is 0 Å². The first kappa shape index (κ1) is 12.0. The smallest absolute Gasteiger partial charge is 0.183 e. The number of aromatic nitrogens is 1. The van der Waals surface area contributed by atoms with Gasteiger partial charge in [0, 0.05) is 6.54 Å². The predicted molar refractivity (Wildman–Crippen MR) is 79.4 cm³/mol. The van der Waals surface area contributed by atoms with Crippen LogP contribution >= 0.6 is 11.3 Å². The van der Waals surface area contributed by atoms with Gasteiger partial charge >= 0.3 is 0 Å². The van der Waals surface area contributed by atoms with E-state index < -0.39 is 0 Å². The van der Waals surface area contributed by atoms with Crippen LogP contribution < -0.4 is 5.32 Å².